The van der Waals surface area contributed by atoms with Gasteiger partial charge in [0, 0.05) is 17.6 Å². The van der Waals surface area contributed by atoms with Crippen LogP contribution in [-0.4, -0.2) is 24.6 Å². The molecule has 0 N–H and O–H groups in total. The Morgan fingerprint density at radius 2 is 1.91 bits per heavy atom. The van der Waals surface area contributed by atoms with Crippen molar-refractivity contribution in [3.05, 3.63) is 54.4 Å². The van der Waals surface area contributed by atoms with Gasteiger partial charge in [0.1, 0.15) is 11.5 Å². The molecule has 0 fully saturated rings. The van der Waals surface area contributed by atoms with Crippen molar-refractivity contribution >= 4 is 11.8 Å². The second kappa shape index (κ2) is 7.78. The first-order chi connectivity index (χ1) is 11.3. The van der Waals surface area contributed by atoms with Crippen LogP contribution in [0.25, 0.3) is 11.5 Å². The average Bonchev–Trinajstić information content (AvgIpc) is 3.26. The third-order valence-corrected chi connectivity index (χ3v) is 4.08. The van der Waals surface area contributed by atoms with Crippen LogP contribution < -0.4 is 9.47 Å². The van der Waals surface area contributed by atoms with E-state index >= 15 is 0 Å². The molecule has 2 heterocycles. The van der Waals surface area contributed by atoms with E-state index < -0.39 is 0 Å². The minimum absolute atomic E-state index is 0.639. The molecule has 23 heavy (non-hydrogen) atoms. The largest absolute Gasteiger partial charge is 0.497 e. The third-order valence-electron chi connectivity index (χ3n) is 3.13. The molecule has 0 bridgehead atoms. The van der Waals surface area contributed by atoms with E-state index in [0.717, 1.165) is 28.7 Å². The van der Waals surface area contributed by atoms with Crippen molar-refractivity contribution in [3.8, 4) is 23.0 Å². The highest BCUT2D eigenvalue weighted by molar-refractivity contribution is 7.98. The van der Waals surface area contributed by atoms with Gasteiger partial charge in [-0.25, -0.2) is 0 Å². The zero-order valence-electron chi connectivity index (χ0n) is 12.7. The number of hydrogen-bond acceptors (Lipinski definition) is 6. The fraction of sp³-hybridized carbons (Fsp3) is 0.235. The van der Waals surface area contributed by atoms with Crippen LogP contribution in [0.3, 0.4) is 0 Å². The van der Waals surface area contributed by atoms with Gasteiger partial charge >= 0.3 is 0 Å². The molecule has 1 aromatic carbocycles. The summed E-state index contributed by atoms with van der Waals surface area (Å²) in [6, 6.07) is 13.1. The number of benzene rings is 1. The van der Waals surface area contributed by atoms with E-state index in [1.807, 2.05) is 42.5 Å². The first-order valence-electron chi connectivity index (χ1n) is 7.19. The number of furan rings is 1. The molecule has 3 rings (SSSR count). The molecule has 120 valence electrons. The lowest BCUT2D eigenvalue weighted by molar-refractivity contribution is 0.342. The molecular formula is C17H17NO4S. The van der Waals surface area contributed by atoms with Crippen molar-refractivity contribution in [2.45, 2.75) is 5.75 Å². The van der Waals surface area contributed by atoms with Gasteiger partial charge in [-0.15, -0.1) is 0 Å². The summed E-state index contributed by atoms with van der Waals surface area (Å²) >= 11 is 1.74. The topological polar surface area (TPSA) is 57.6 Å². The van der Waals surface area contributed by atoms with E-state index in [0.29, 0.717) is 18.1 Å². The van der Waals surface area contributed by atoms with Gasteiger partial charge in [0.25, 0.3) is 0 Å². The molecule has 5 nitrogen and oxygen atoms in total. The van der Waals surface area contributed by atoms with Gasteiger partial charge in [-0.05, 0) is 36.4 Å². The molecule has 0 saturated heterocycles. The molecule has 0 unspecified atom stereocenters. The second-order valence-corrected chi connectivity index (χ2v) is 5.84. The summed E-state index contributed by atoms with van der Waals surface area (Å²) in [5.74, 6) is 4.65. The predicted molar refractivity (Wildman–Crippen MR) is 88.9 cm³/mol. The molecule has 3 aromatic rings. The van der Waals surface area contributed by atoms with Gasteiger partial charge in [0.2, 0.25) is 5.76 Å². The molecule has 0 amide bonds. The van der Waals surface area contributed by atoms with Gasteiger partial charge in [-0.2, -0.15) is 11.8 Å². The first-order valence-corrected chi connectivity index (χ1v) is 8.34. The molecule has 0 saturated carbocycles. The first kappa shape index (κ1) is 15.6. The van der Waals surface area contributed by atoms with E-state index in [2.05, 4.69) is 5.16 Å². The molecular weight excluding hydrogens is 314 g/mol. The lowest BCUT2D eigenvalue weighted by Gasteiger charge is -2.06. The Hall–Kier alpha value is -2.34. The van der Waals surface area contributed by atoms with Crippen LogP contribution in [0.1, 0.15) is 5.69 Å². The van der Waals surface area contributed by atoms with Gasteiger partial charge < -0.3 is 18.4 Å². The normalized spacial score (nSPS) is 10.7. The van der Waals surface area contributed by atoms with Gasteiger partial charge in [-0.1, -0.05) is 5.16 Å². The summed E-state index contributed by atoms with van der Waals surface area (Å²) in [5.41, 5.74) is 0.894. The summed E-state index contributed by atoms with van der Waals surface area (Å²) in [5, 5.41) is 4.04. The Bertz CT molecular complexity index is 707. The van der Waals surface area contributed by atoms with Gasteiger partial charge in [0.15, 0.2) is 5.76 Å². The summed E-state index contributed by atoms with van der Waals surface area (Å²) < 4.78 is 21.3. The van der Waals surface area contributed by atoms with Gasteiger partial charge in [-0.3, -0.25) is 0 Å². The Balaban J connectivity index is 1.38. The maximum atomic E-state index is 5.67. The highest BCUT2D eigenvalue weighted by Crippen LogP contribution is 2.22. The van der Waals surface area contributed by atoms with Crippen LogP contribution in [0.4, 0.5) is 0 Å². The standard InChI is InChI=1S/C17H17NO4S/c1-19-14-4-6-15(7-5-14)20-9-10-23-12-13-11-17(22-18-13)16-3-2-8-21-16/h2-8,11H,9-10,12H2,1H3. The zero-order chi connectivity index (χ0) is 15.9. The van der Waals surface area contributed by atoms with Crippen molar-refractivity contribution < 1.29 is 18.4 Å². The van der Waals surface area contributed by atoms with E-state index in [1.54, 1.807) is 25.1 Å². The smallest absolute Gasteiger partial charge is 0.202 e. The monoisotopic (exact) mass is 331 g/mol. The molecule has 0 aliphatic carbocycles. The number of nitrogens with zero attached hydrogens (tertiary/aromatic N) is 1. The van der Waals surface area contributed by atoms with Crippen LogP contribution in [0.15, 0.2) is 57.7 Å². The zero-order valence-corrected chi connectivity index (χ0v) is 13.5. The van der Waals surface area contributed by atoms with Crippen LogP contribution in [0, 0.1) is 0 Å². The maximum absolute atomic E-state index is 5.67. The molecule has 2 aromatic heterocycles. The van der Waals surface area contributed by atoms with Crippen LogP contribution >= 0.6 is 11.8 Å². The highest BCUT2D eigenvalue weighted by atomic mass is 32.2. The van der Waals surface area contributed by atoms with E-state index in [1.165, 1.54) is 0 Å². The number of aromatic nitrogens is 1. The number of rotatable bonds is 8. The summed E-state index contributed by atoms with van der Waals surface area (Å²) in [6.07, 6.45) is 1.61. The second-order valence-electron chi connectivity index (χ2n) is 4.74. The van der Waals surface area contributed by atoms with Crippen molar-refractivity contribution in [1.82, 2.24) is 5.16 Å². The number of thioether (sulfide) groups is 1. The fourth-order valence-corrected chi connectivity index (χ4v) is 2.67. The third kappa shape index (κ3) is 4.32. The Labute approximate surface area is 138 Å². The van der Waals surface area contributed by atoms with E-state index in [4.69, 9.17) is 18.4 Å². The van der Waals surface area contributed by atoms with Crippen LogP contribution in [0.5, 0.6) is 11.5 Å². The number of ether oxygens (including phenoxy) is 2. The van der Waals surface area contributed by atoms with Crippen LogP contribution in [-0.2, 0) is 5.75 Å². The Morgan fingerprint density at radius 1 is 1.09 bits per heavy atom. The molecule has 0 aliphatic rings. The molecule has 0 radical (unpaired) electrons. The molecule has 6 heteroatoms. The predicted octanol–water partition coefficient (Wildman–Crippen LogP) is 4.26. The molecule has 0 atom stereocenters. The van der Waals surface area contributed by atoms with Crippen molar-refractivity contribution in [2.24, 2.45) is 0 Å². The number of hydrogen-bond donors (Lipinski definition) is 0. The van der Waals surface area contributed by atoms with E-state index in [-0.39, 0.29) is 0 Å². The number of methoxy groups -OCH3 is 1. The van der Waals surface area contributed by atoms with Crippen molar-refractivity contribution in [3.63, 3.8) is 0 Å². The minimum Gasteiger partial charge on any atom is -0.497 e. The van der Waals surface area contributed by atoms with E-state index in [9.17, 15) is 0 Å². The molecule has 0 aliphatic heterocycles. The average molecular weight is 331 g/mol. The SMILES string of the molecule is COc1ccc(OCCSCc2cc(-c3ccco3)on2)cc1. The highest BCUT2D eigenvalue weighted by Gasteiger charge is 2.08. The van der Waals surface area contributed by atoms with Crippen molar-refractivity contribution in [2.75, 3.05) is 19.5 Å². The fourth-order valence-electron chi connectivity index (χ4n) is 1.98. The Morgan fingerprint density at radius 3 is 2.65 bits per heavy atom. The maximum Gasteiger partial charge on any atom is 0.202 e. The lowest BCUT2D eigenvalue weighted by atomic mass is 10.3. The summed E-state index contributed by atoms with van der Waals surface area (Å²) in [7, 11) is 1.65. The quantitative estimate of drug-likeness (QED) is 0.575. The van der Waals surface area contributed by atoms with Crippen molar-refractivity contribution in [1.29, 1.82) is 0 Å². The summed E-state index contributed by atoms with van der Waals surface area (Å²) in [6.45, 7) is 0.639. The Kier molecular flexibility index (Phi) is 5.26. The minimum atomic E-state index is 0.639. The summed E-state index contributed by atoms with van der Waals surface area (Å²) in [4.78, 5) is 0. The van der Waals surface area contributed by atoms with Gasteiger partial charge in [0.05, 0.1) is 25.7 Å². The lowest BCUT2D eigenvalue weighted by Crippen LogP contribution is -2.00. The molecule has 0 spiro atoms. The van der Waals surface area contributed by atoms with Crippen LogP contribution in [0.2, 0.25) is 0 Å².